The average molecular weight is 552 g/mol. The summed E-state index contributed by atoms with van der Waals surface area (Å²) in [6.07, 6.45) is 4.78. The molecule has 4 rings (SSSR count). The molecule has 204 valence electrons. The van der Waals surface area contributed by atoms with Crippen molar-refractivity contribution in [1.29, 1.82) is 0 Å². The van der Waals surface area contributed by atoms with Gasteiger partial charge in [0.15, 0.2) is 0 Å². The van der Waals surface area contributed by atoms with Crippen molar-refractivity contribution in [2.24, 2.45) is 0 Å². The topological polar surface area (TPSA) is 105 Å². The molecule has 2 saturated heterocycles. The number of hydrogen-bond donors (Lipinski definition) is 1. The molecule has 2 heterocycles. The molecule has 0 radical (unpaired) electrons. The summed E-state index contributed by atoms with van der Waals surface area (Å²) in [5, 5.41) is 0. The Morgan fingerprint density at radius 2 is 1.70 bits per heavy atom. The van der Waals surface area contributed by atoms with Gasteiger partial charge in [-0.05, 0) is 61.6 Å². The highest BCUT2D eigenvalue weighted by molar-refractivity contribution is 7.89. The van der Waals surface area contributed by atoms with Gasteiger partial charge in [0.1, 0.15) is 5.75 Å². The number of nitrogens with zero attached hydrogens (tertiary/aromatic N) is 2. The number of hydrogen-bond acceptors (Lipinski definition) is 7. The van der Waals surface area contributed by atoms with Crippen molar-refractivity contribution in [3.63, 3.8) is 0 Å². The lowest BCUT2D eigenvalue weighted by Gasteiger charge is -2.36. The summed E-state index contributed by atoms with van der Waals surface area (Å²) in [6, 6.07) is 11.9. The Bertz CT molecular complexity index is 1250. The van der Waals surface area contributed by atoms with E-state index < -0.39 is 20.0 Å². The Morgan fingerprint density at radius 3 is 2.32 bits per heavy atom. The number of anilines is 1. The first-order chi connectivity index (χ1) is 17.7. The summed E-state index contributed by atoms with van der Waals surface area (Å²) in [5.41, 5.74) is 1.76. The maximum absolute atomic E-state index is 13.2. The van der Waals surface area contributed by atoms with Crippen LogP contribution in [0.15, 0.2) is 52.3 Å². The Morgan fingerprint density at radius 1 is 1.00 bits per heavy atom. The van der Waals surface area contributed by atoms with Gasteiger partial charge in [-0.2, -0.15) is 4.31 Å². The number of sulfonamides is 2. The number of methoxy groups -OCH3 is 1. The van der Waals surface area contributed by atoms with Crippen LogP contribution in [0.1, 0.15) is 38.2 Å². The quantitative estimate of drug-likeness (QED) is 0.458. The third kappa shape index (κ3) is 6.64. The van der Waals surface area contributed by atoms with Gasteiger partial charge in [-0.3, -0.25) is 0 Å². The van der Waals surface area contributed by atoms with Gasteiger partial charge in [0.2, 0.25) is 20.0 Å². The zero-order chi connectivity index (χ0) is 26.5. The highest BCUT2D eigenvalue weighted by atomic mass is 32.2. The molecular formula is C26H37N3O6S2. The van der Waals surface area contributed by atoms with E-state index in [2.05, 4.69) is 11.6 Å². The van der Waals surface area contributed by atoms with Crippen molar-refractivity contribution in [3.8, 4) is 5.75 Å². The highest BCUT2D eigenvalue weighted by Crippen LogP contribution is 2.32. The molecule has 2 aromatic rings. The first kappa shape index (κ1) is 27.8. The molecule has 0 aromatic heterocycles. The van der Waals surface area contributed by atoms with Gasteiger partial charge in [0.05, 0.1) is 28.7 Å². The van der Waals surface area contributed by atoms with Crippen LogP contribution in [0.25, 0.3) is 0 Å². The van der Waals surface area contributed by atoms with E-state index in [-0.39, 0.29) is 30.6 Å². The van der Waals surface area contributed by atoms with E-state index >= 15 is 0 Å². The van der Waals surface area contributed by atoms with E-state index in [1.165, 1.54) is 17.5 Å². The Kier molecular flexibility index (Phi) is 9.12. The van der Waals surface area contributed by atoms with Gasteiger partial charge in [-0.25, -0.2) is 21.6 Å². The number of benzene rings is 2. The SMILES string of the molecule is CCCCc1ccc(S(=O)(=O)N2CCN(c3cc(S(=O)(=O)NCC4CCCO4)ccc3OC)CC2)cc1. The molecule has 1 atom stereocenters. The van der Waals surface area contributed by atoms with Crippen molar-refractivity contribution in [3.05, 3.63) is 48.0 Å². The fraction of sp³-hybridized carbons (Fsp3) is 0.538. The maximum Gasteiger partial charge on any atom is 0.243 e. The van der Waals surface area contributed by atoms with Gasteiger partial charge in [-0.1, -0.05) is 25.5 Å². The van der Waals surface area contributed by atoms with Crippen LogP contribution in [0.3, 0.4) is 0 Å². The van der Waals surface area contributed by atoms with Crippen LogP contribution in [-0.4, -0.2) is 73.7 Å². The van der Waals surface area contributed by atoms with Gasteiger partial charge in [-0.15, -0.1) is 0 Å². The van der Waals surface area contributed by atoms with Crippen molar-refractivity contribution in [2.75, 3.05) is 51.3 Å². The lowest BCUT2D eigenvalue weighted by Crippen LogP contribution is -2.48. The molecule has 1 unspecified atom stereocenters. The largest absolute Gasteiger partial charge is 0.495 e. The molecule has 0 aliphatic carbocycles. The fourth-order valence-corrected chi connectivity index (χ4v) is 7.21. The Hall–Kier alpha value is -2.18. The smallest absolute Gasteiger partial charge is 0.243 e. The van der Waals surface area contributed by atoms with E-state index in [0.29, 0.717) is 36.0 Å². The molecule has 11 heteroatoms. The number of piperazine rings is 1. The number of unbranched alkanes of at least 4 members (excludes halogenated alkanes) is 1. The number of ether oxygens (including phenoxy) is 2. The molecular weight excluding hydrogens is 514 g/mol. The minimum Gasteiger partial charge on any atom is -0.495 e. The highest BCUT2D eigenvalue weighted by Gasteiger charge is 2.30. The molecule has 0 saturated carbocycles. The van der Waals surface area contributed by atoms with Crippen LogP contribution < -0.4 is 14.4 Å². The molecule has 2 aromatic carbocycles. The van der Waals surface area contributed by atoms with Crippen LogP contribution in [0.4, 0.5) is 5.69 Å². The minimum atomic E-state index is -3.73. The summed E-state index contributed by atoms with van der Waals surface area (Å²) in [7, 11) is -5.81. The molecule has 2 aliphatic rings. The van der Waals surface area contributed by atoms with Crippen molar-refractivity contribution in [2.45, 2.75) is 54.9 Å². The summed E-state index contributed by atoms with van der Waals surface area (Å²) >= 11 is 0. The van der Waals surface area contributed by atoms with E-state index in [1.54, 1.807) is 24.3 Å². The van der Waals surface area contributed by atoms with E-state index in [1.807, 2.05) is 17.0 Å². The third-order valence-corrected chi connectivity index (χ3v) is 10.3. The summed E-state index contributed by atoms with van der Waals surface area (Å²) < 4.78 is 67.5. The molecule has 0 amide bonds. The third-order valence-electron chi connectivity index (χ3n) is 6.95. The Balaban J connectivity index is 1.44. The van der Waals surface area contributed by atoms with Crippen LogP contribution in [-0.2, 0) is 31.2 Å². The fourth-order valence-electron chi connectivity index (χ4n) is 4.70. The predicted octanol–water partition coefficient (Wildman–Crippen LogP) is 3.01. The van der Waals surface area contributed by atoms with Gasteiger partial charge >= 0.3 is 0 Å². The second-order valence-corrected chi connectivity index (χ2v) is 13.2. The number of rotatable bonds is 11. The summed E-state index contributed by atoms with van der Waals surface area (Å²) in [6.45, 7) is 4.43. The molecule has 9 nitrogen and oxygen atoms in total. The molecule has 2 aliphatic heterocycles. The zero-order valence-corrected chi connectivity index (χ0v) is 23.2. The molecule has 0 bridgehead atoms. The summed E-state index contributed by atoms with van der Waals surface area (Å²) in [4.78, 5) is 2.40. The van der Waals surface area contributed by atoms with E-state index in [0.717, 1.165) is 37.7 Å². The Labute approximate surface area is 220 Å². The molecule has 37 heavy (non-hydrogen) atoms. The van der Waals surface area contributed by atoms with Crippen molar-refractivity contribution in [1.82, 2.24) is 9.03 Å². The van der Waals surface area contributed by atoms with Crippen LogP contribution >= 0.6 is 0 Å². The number of nitrogens with one attached hydrogen (secondary N) is 1. The standard InChI is InChI=1S/C26H37N3O6S2/c1-3-4-6-21-8-10-23(11-9-21)37(32,33)29-16-14-28(15-17-29)25-19-24(12-13-26(25)34-2)36(30,31)27-20-22-7-5-18-35-22/h8-13,19,22,27H,3-7,14-18,20H2,1-2H3. The van der Waals surface area contributed by atoms with E-state index in [9.17, 15) is 16.8 Å². The maximum atomic E-state index is 13.2. The molecule has 2 fully saturated rings. The summed E-state index contributed by atoms with van der Waals surface area (Å²) in [5.74, 6) is 0.539. The lowest BCUT2D eigenvalue weighted by molar-refractivity contribution is 0.114. The minimum absolute atomic E-state index is 0.102. The van der Waals surface area contributed by atoms with Crippen LogP contribution in [0.2, 0.25) is 0 Å². The normalized spacial score (nSPS) is 19.3. The van der Waals surface area contributed by atoms with E-state index in [4.69, 9.17) is 9.47 Å². The average Bonchev–Trinajstić information content (AvgIpc) is 3.45. The van der Waals surface area contributed by atoms with Crippen molar-refractivity contribution < 1.29 is 26.3 Å². The van der Waals surface area contributed by atoms with Crippen molar-refractivity contribution >= 4 is 25.7 Å². The number of aryl methyl sites for hydroxylation is 1. The lowest BCUT2D eigenvalue weighted by atomic mass is 10.1. The monoisotopic (exact) mass is 551 g/mol. The molecule has 0 spiro atoms. The zero-order valence-electron chi connectivity index (χ0n) is 21.6. The van der Waals surface area contributed by atoms with Gasteiger partial charge < -0.3 is 14.4 Å². The predicted molar refractivity (Wildman–Crippen MR) is 143 cm³/mol. The molecule has 1 N–H and O–H groups in total. The van der Waals surface area contributed by atoms with Crippen LogP contribution in [0.5, 0.6) is 5.75 Å². The second kappa shape index (κ2) is 12.1. The second-order valence-electron chi connectivity index (χ2n) is 9.46. The van der Waals surface area contributed by atoms with Gasteiger partial charge in [0, 0.05) is 39.3 Å². The van der Waals surface area contributed by atoms with Crippen LogP contribution in [0, 0.1) is 0 Å². The van der Waals surface area contributed by atoms with Gasteiger partial charge in [0.25, 0.3) is 0 Å². The first-order valence-electron chi connectivity index (χ1n) is 12.9. The first-order valence-corrected chi connectivity index (χ1v) is 15.8.